The molecule has 0 aliphatic heterocycles. The fourth-order valence-electron chi connectivity index (χ4n) is 3.06. The van der Waals surface area contributed by atoms with Gasteiger partial charge in [0.2, 0.25) is 0 Å². The van der Waals surface area contributed by atoms with Gasteiger partial charge in [-0.05, 0) is 62.0 Å². The molecule has 1 heteroatoms. The molecule has 0 fully saturated rings. The highest BCUT2D eigenvalue weighted by Gasteiger charge is 2.30. The minimum absolute atomic E-state index is 0.259. The van der Waals surface area contributed by atoms with Crippen molar-refractivity contribution in [2.75, 3.05) is 0 Å². The zero-order chi connectivity index (χ0) is 11.8. The fraction of sp³-hybridized carbons (Fsp3) is 0.667. The van der Waals surface area contributed by atoms with Crippen molar-refractivity contribution in [3.63, 3.8) is 0 Å². The molecule has 0 saturated carbocycles. The number of ketones is 1. The van der Waals surface area contributed by atoms with Gasteiger partial charge < -0.3 is 0 Å². The molecule has 0 saturated heterocycles. The quantitative estimate of drug-likeness (QED) is 0.645. The summed E-state index contributed by atoms with van der Waals surface area (Å²) in [7, 11) is 0. The van der Waals surface area contributed by atoms with E-state index < -0.39 is 0 Å². The van der Waals surface area contributed by atoms with Gasteiger partial charge in [-0.1, -0.05) is 25.5 Å². The van der Waals surface area contributed by atoms with Gasteiger partial charge >= 0.3 is 0 Å². The highest BCUT2D eigenvalue weighted by atomic mass is 16.1. The fourth-order valence-corrected chi connectivity index (χ4v) is 3.06. The summed E-state index contributed by atoms with van der Waals surface area (Å²) in [6.07, 6.45) is 9.36. The van der Waals surface area contributed by atoms with Gasteiger partial charge in [0.25, 0.3) is 0 Å². The maximum absolute atomic E-state index is 11.5. The van der Waals surface area contributed by atoms with Crippen molar-refractivity contribution in [3.05, 3.63) is 22.8 Å². The number of hydrogen-bond donors (Lipinski definition) is 0. The summed E-state index contributed by atoms with van der Waals surface area (Å²) in [6, 6.07) is 0. The van der Waals surface area contributed by atoms with E-state index in [1.807, 2.05) is 0 Å². The number of rotatable bonds is 1. The van der Waals surface area contributed by atoms with Crippen molar-refractivity contribution in [2.24, 2.45) is 5.41 Å². The van der Waals surface area contributed by atoms with Crippen LogP contribution in [-0.4, -0.2) is 5.78 Å². The Hall–Kier alpha value is -0.850. The first-order chi connectivity index (χ1) is 7.50. The van der Waals surface area contributed by atoms with Crippen LogP contribution in [0.3, 0.4) is 0 Å². The second-order valence-corrected chi connectivity index (χ2v) is 5.83. The molecule has 0 aromatic carbocycles. The van der Waals surface area contributed by atoms with Crippen LogP contribution in [0.1, 0.15) is 59.3 Å². The first-order valence-electron chi connectivity index (χ1n) is 6.45. The van der Waals surface area contributed by atoms with Crippen molar-refractivity contribution in [1.29, 1.82) is 0 Å². The molecule has 0 radical (unpaired) electrons. The minimum atomic E-state index is 0.259. The van der Waals surface area contributed by atoms with Gasteiger partial charge in [-0.25, -0.2) is 0 Å². The van der Waals surface area contributed by atoms with Gasteiger partial charge in [-0.3, -0.25) is 4.79 Å². The lowest BCUT2D eigenvalue weighted by molar-refractivity contribution is -0.113. The Morgan fingerprint density at radius 3 is 2.56 bits per heavy atom. The Labute approximate surface area is 98.6 Å². The van der Waals surface area contributed by atoms with Gasteiger partial charge in [0, 0.05) is 0 Å². The zero-order valence-corrected chi connectivity index (χ0v) is 10.7. The first-order valence-corrected chi connectivity index (χ1v) is 6.45. The summed E-state index contributed by atoms with van der Waals surface area (Å²) in [4.78, 5) is 11.5. The summed E-state index contributed by atoms with van der Waals surface area (Å²) < 4.78 is 0. The van der Waals surface area contributed by atoms with Crippen LogP contribution >= 0.6 is 0 Å². The molecule has 0 amide bonds. The van der Waals surface area contributed by atoms with Crippen molar-refractivity contribution >= 4 is 5.78 Å². The highest BCUT2D eigenvalue weighted by Crippen LogP contribution is 2.44. The molecular weight excluding hydrogens is 196 g/mol. The average Bonchev–Trinajstić information content (AvgIpc) is 2.40. The first kappa shape index (κ1) is 11.6. The molecule has 16 heavy (non-hydrogen) atoms. The zero-order valence-electron chi connectivity index (χ0n) is 10.7. The molecule has 1 nitrogen and oxygen atoms in total. The van der Waals surface area contributed by atoms with Crippen LogP contribution in [0, 0.1) is 5.41 Å². The third-order valence-corrected chi connectivity index (χ3v) is 4.09. The lowest BCUT2D eigenvalue weighted by Crippen LogP contribution is -2.19. The number of hydrogen-bond acceptors (Lipinski definition) is 1. The molecule has 0 aromatic rings. The molecule has 0 spiro atoms. The molecule has 0 atom stereocenters. The van der Waals surface area contributed by atoms with Crippen molar-refractivity contribution in [2.45, 2.75) is 59.3 Å². The second kappa shape index (κ2) is 4.20. The number of allylic oxidation sites excluding steroid dienone is 4. The van der Waals surface area contributed by atoms with Crippen molar-refractivity contribution in [1.82, 2.24) is 0 Å². The second-order valence-electron chi connectivity index (χ2n) is 5.83. The predicted octanol–water partition coefficient (Wildman–Crippen LogP) is 4.19. The Morgan fingerprint density at radius 1 is 1.19 bits per heavy atom. The number of carbonyl (C=O) groups excluding carboxylic acids is 1. The highest BCUT2D eigenvalue weighted by molar-refractivity contribution is 5.93. The SMILES string of the molecule is CC(=O)C1=CC2=C(CCC1)CCCC2(C)C. The third kappa shape index (κ3) is 2.14. The van der Waals surface area contributed by atoms with E-state index in [9.17, 15) is 4.79 Å². The van der Waals surface area contributed by atoms with E-state index in [2.05, 4.69) is 19.9 Å². The molecule has 0 unspecified atom stereocenters. The van der Waals surface area contributed by atoms with E-state index in [0.717, 1.165) is 18.4 Å². The van der Waals surface area contributed by atoms with Crippen LogP contribution in [0.15, 0.2) is 22.8 Å². The van der Waals surface area contributed by atoms with Crippen molar-refractivity contribution in [3.8, 4) is 0 Å². The number of Topliss-reactive ketones (excluding diaryl/α,β-unsaturated/α-hetero) is 1. The van der Waals surface area contributed by atoms with E-state index in [-0.39, 0.29) is 11.2 Å². The molecule has 0 heterocycles. The standard InChI is InChI=1S/C15H22O/c1-11(16)13-7-4-6-12-8-5-9-15(2,3)14(12)10-13/h10H,4-9H2,1-3H3. The van der Waals surface area contributed by atoms with Gasteiger partial charge in [0.15, 0.2) is 5.78 Å². The Morgan fingerprint density at radius 2 is 1.88 bits per heavy atom. The Bertz CT molecular complexity index is 369. The van der Waals surface area contributed by atoms with Crippen LogP contribution in [0.4, 0.5) is 0 Å². The van der Waals surface area contributed by atoms with Crippen LogP contribution in [-0.2, 0) is 4.79 Å². The number of carbonyl (C=O) groups is 1. The molecule has 2 aliphatic rings. The maximum atomic E-state index is 11.5. The van der Waals surface area contributed by atoms with Crippen LogP contribution in [0.5, 0.6) is 0 Å². The van der Waals surface area contributed by atoms with Gasteiger partial charge in [0.1, 0.15) is 0 Å². The van der Waals surface area contributed by atoms with E-state index in [1.165, 1.54) is 31.3 Å². The van der Waals surface area contributed by atoms with E-state index >= 15 is 0 Å². The lowest BCUT2D eigenvalue weighted by atomic mass is 9.72. The normalized spacial score (nSPS) is 24.6. The molecule has 0 N–H and O–H groups in total. The van der Waals surface area contributed by atoms with Crippen LogP contribution in [0.2, 0.25) is 0 Å². The molecule has 0 aromatic heterocycles. The lowest BCUT2D eigenvalue weighted by Gasteiger charge is -2.33. The Balaban J connectivity index is 2.43. The van der Waals surface area contributed by atoms with E-state index in [4.69, 9.17) is 0 Å². The van der Waals surface area contributed by atoms with E-state index in [1.54, 1.807) is 12.5 Å². The smallest absolute Gasteiger partial charge is 0.155 e. The maximum Gasteiger partial charge on any atom is 0.155 e. The summed E-state index contributed by atoms with van der Waals surface area (Å²) >= 11 is 0. The summed E-state index contributed by atoms with van der Waals surface area (Å²) in [5.74, 6) is 0.259. The monoisotopic (exact) mass is 218 g/mol. The molecular formula is C15H22O. The molecule has 2 aliphatic carbocycles. The topological polar surface area (TPSA) is 17.1 Å². The minimum Gasteiger partial charge on any atom is -0.295 e. The van der Waals surface area contributed by atoms with Crippen LogP contribution < -0.4 is 0 Å². The third-order valence-electron chi connectivity index (χ3n) is 4.09. The van der Waals surface area contributed by atoms with Gasteiger partial charge in [-0.2, -0.15) is 0 Å². The Kier molecular flexibility index (Phi) is 3.05. The summed E-state index contributed by atoms with van der Waals surface area (Å²) in [6.45, 7) is 6.34. The summed E-state index contributed by atoms with van der Waals surface area (Å²) in [5.41, 5.74) is 4.41. The van der Waals surface area contributed by atoms with Gasteiger partial charge in [-0.15, -0.1) is 0 Å². The average molecular weight is 218 g/mol. The molecule has 0 bridgehead atoms. The molecule has 2 rings (SSSR count). The van der Waals surface area contributed by atoms with E-state index in [0.29, 0.717) is 0 Å². The van der Waals surface area contributed by atoms with Gasteiger partial charge in [0.05, 0.1) is 0 Å². The van der Waals surface area contributed by atoms with Crippen LogP contribution in [0.25, 0.3) is 0 Å². The predicted molar refractivity (Wildman–Crippen MR) is 67.3 cm³/mol. The largest absolute Gasteiger partial charge is 0.295 e. The molecule has 88 valence electrons. The van der Waals surface area contributed by atoms with Crippen molar-refractivity contribution < 1.29 is 4.79 Å². The summed E-state index contributed by atoms with van der Waals surface area (Å²) in [5, 5.41) is 0.